The van der Waals surface area contributed by atoms with E-state index < -0.39 is 11.2 Å². The molecule has 3 aromatic rings. The molecule has 2 amide bonds. The Balaban J connectivity index is 1.67. The quantitative estimate of drug-likeness (QED) is 0.373. The van der Waals surface area contributed by atoms with Crippen molar-refractivity contribution in [2.24, 2.45) is 0 Å². The van der Waals surface area contributed by atoms with Crippen molar-refractivity contribution >= 4 is 40.9 Å². The molecule has 1 saturated heterocycles. The molecule has 4 rings (SSSR count). The molecule has 0 bridgehead atoms. The van der Waals surface area contributed by atoms with Gasteiger partial charge in [0.15, 0.2) is 0 Å². The van der Waals surface area contributed by atoms with E-state index in [1.807, 2.05) is 85.8 Å². The monoisotopic (exact) mass is 487 g/mol. The smallest absolute Gasteiger partial charge is 0.264 e. The third kappa shape index (κ3) is 5.33. The Hall–Kier alpha value is -3.53. The molecule has 1 fully saturated rings. The van der Waals surface area contributed by atoms with Crippen molar-refractivity contribution in [1.29, 1.82) is 5.26 Å². The van der Waals surface area contributed by atoms with Gasteiger partial charge in [0.05, 0.1) is 5.25 Å². The van der Waals surface area contributed by atoms with Crippen LogP contribution in [0.25, 0.3) is 0 Å². The molecule has 1 atom stereocenters. The van der Waals surface area contributed by atoms with Crippen molar-refractivity contribution in [1.82, 2.24) is 5.32 Å². The summed E-state index contributed by atoms with van der Waals surface area (Å²) in [7, 11) is 0. The van der Waals surface area contributed by atoms with E-state index in [0.717, 1.165) is 16.7 Å². The van der Waals surface area contributed by atoms with Crippen LogP contribution in [-0.4, -0.2) is 17.1 Å². The third-order valence-corrected chi connectivity index (χ3v) is 6.90. The van der Waals surface area contributed by atoms with Gasteiger partial charge in [0.2, 0.25) is 5.91 Å². The topological polar surface area (TPSA) is 73.2 Å². The van der Waals surface area contributed by atoms with E-state index in [0.29, 0.717) is 22.2 Å². The van der Waals surface area contributed by atoms with Crippen molar-refractivity contribution in [3.8, 4) is 6.07 Å². The van der Waals surface area contributed by atoms with Crippen LogP contribution < -0.4 is 10.2 Å². The van der Waals surface area contributed by atoms with Crippen LogP contribution in [0.4, 0.5) is 5.69 Å². The molecular formula is C27H22ClN3O2S. The zero-order valence-electron chi connectivity index (χ0n) is 18.5. The van der Waals surface area contributed by atoms with Crippen molar-refractivity contribution in [2.75, 3.05) is 4.90 Å². The van der Waals surface area contributed by atoms with Gasteiger partial charge < -0.3 is 5.32 Å². The first-order valence-electron chi connectivity index (χ1n) is 10.7. The first-order chi connectivity index (χ1) is 16.5. The zero-order chi connectivity index (χ0) is 24.1. The summed E-state index contributed by atoms with van der Waals surface area (Å²) in [4.78, 5) is 28.0. The molecule has 0 aromatic heterocycles. The van der Waals surface area contributed by atoms with Crippen LogP contribution in [-0.2, 0) is 22.6 Å². The highest BCUT2D eigenvalue weighted by Gasteiger charge is 2.40. The summed E-state index contributed by atoms with van der Waals surface area (Å²) in [5.74, 6) is -0.686. The molecule has 0 spiro atoms. The van der Waals surface area contributed by atoms with Gasteiger partial charge in [0.25, 0.3) is 5.91 Å². The van der Waals surface area contributed by atoms with E-state index in [1.165, 1.54) is 16.7 Å². The second-order valence-corrected chi connectivity index (χ2v) is 9.54. The number of amides is 2. The Morgan fingerprint density at radius 3 is 2.44 bits per heavy atom. The number of halogens is 1. The fourth-order valence-corrected chi connectivity index (χ4v) is 5.18. The molecule has 170 valence electrons. The van der Waals surface area contributed by atoms with Crippen molar-refractivity contribution in [2.45, 2.75) is 25.1 Å². The van der Waals surface area contributed by atoms with Gasteiger partial charge in [-0.1, -0.05) is 83.5 Å². The molecule has 1 aliphatic heterocycles. The number of anilines is 1. The first-order valence-corrected chi connectivity index (χ1v) is 12.0. The minimum absolute atomic E-state index is 0.0801. The largest absolute Gasteiger partial charge is 0.347 e. The number of carbonyl (C=O) groups excluding carboxylic acids is 2. The normalized spacial score (nSPS) is 16.8. The van der Waals surface area contributed by atoms with Crippen molar-refractivity contribution < 1.29 is 9.59 Å². The molecule has 1 N–H and O–H groups in total. The fraction of sp³-hybridized carbons (Fsp3) is 0.148. The molecule has 34 heavy (non-hydrogen) atoms. The van der Waals surface area contributed by atoms with Gasteiger partial charge in [0, 0.05) is 17.3 Å². The van der Waals surface area contributed by atoms with E-state index in [4.69, 9.17) is 11.6 Å². The molecule has 1 aliphatic rings. The molecule has 1 unspecified atom stereocenters. The number of nitrogens with one attached hydrogen (secondary N) is 1. The number of aryl methyl sites for hydroxylation is 1. The summed E-state index contributed by atoms with van der Waals surface area (Å²) in [5.41, 5.74) is 3.42. The maximum atomic E-state index is 13.5. The predicted molar refractivity (Wildman–Crippen MR) is 136 cm³/mol. The summed E-state index contributed by atoms with van der Waals surface area (Å²) in [6, 6.07) is 26.3. The van der Waals surface area contributed by atoms with Crippen LogP contribution in [0.1, 0.15) is 16.7 Å². The molecule has 1 heterocycles. The van der Waals surface area contributed by atoms with Gasteiger partial charge in [-0.15, -0.1) is 0 Å². The van der Waals surface area contributed by atoms with Crippen molar-refractivity contribution in [3.05, 3.63) is 111 Å². The lowest BCUT2D eigenvalue weighted by atomic mass is 10.1. The van der Waals surface area contributed by atoms with Gasteiger partial charge in [0.1, 0.15) is 16.7 Å². The lowest BCUT2D eigenvalue weighted by Gasteiger charge is -2.19. The summed E-state index contributed by atoms with van der Waals surface area (Å²) in [6.45, 7) is 2.24. The molecule has 7 heteroatoms. The van der Waals surface area contributed by atoms with Crippen LogP contribution in [0.3, 0.4) is 0 Å². The number of nitriles is 1. The van der Waals surface area contributed by atoms with Gasteiger partial charge in [-0.25, -0.2) is 0 Å². The van der Waals surface area contributed by atoms with E-state index in [-0.39, 0.29) is 18.0 Å². The fourth-order valence-electron chi connectivity index (χ4n) is 3.66. The summed E-state index contributed by atoms with van der Waals surface area (Å²) in [5, 5.41) is 13.2. The average Bonchev–Trinajstić information content (AvgIpc) is 3.15. The van der Waals surface area contributed by atoms with E-state index in [2.05, 4.69) is 5.32 Å². The van der Waals surface area contributed by atoms with Crippen LogP contribution in [0.2, 0.25) is 5.02 Å². The highest BCUT2D eigenvalue weighted by atomic mass is 35.5. The Morgan fingerprint density at radius 2 is 1.76 bits per heavy atom. The summed E-state index contributed by atoms with van der Waals surface area (Å²) >= 11 is 7.37. The van der Waals surface area contributed by atoms with Gasteiger partial charge in [-0.3, -0.25) is 14.5 Å². The van der Waals surface area contributed by atoms with Gasteiger partial charge in [-0.05, 0) is 48.7 Å². The number of hydrogen-bond donors (Lipinski definition) is 1. The lowest BCUT2D eigenvalue weighted by Crippen LogP contribution is -2.32. The van der Waals surface area contributed by atoms with Gasteiger partial charge >= 0.3 is 0 Å². The highest BCUT2D eigenvalue weighted by molar-refractivity contribution is 8.05. The number of benzene rings is 3. The number of nitrogens with zero attached hydrogens (tertiary/aromatic N) is 2. The zero-order valence-corrected chi connectivity index (χ0v) is 20.1. The molecule has 5 nitrogen and oxygen atoms in total. The predicted octanol–water partition coefficient (Wildman–Crippen LogP) is 5.39. The Bertz CT molecular complexity index is 1280. The number of carbonyl (C=O) groups is 2. The Labute approximate surface area is 208 Å². The number of hydrogen-bond acceptors (Lipinski definition) is 4. The maximum absolute atomic E-state index is 13.5. The van der Waals surface area contributed by atoms with Crippen LogP contribution in [0, 0.1) is 18.3 Å². The number of thioether (sulfide) groups is 1. The van der Waals surface area contributed by atoms with E-state index >= 15 is 0 Å². The van der Waals surface area contributed by atoms with Crippen LogP contribution in [0.5, 0.6) is 0 Å². The summed E-state index contributed by atoms with van der Waals surface area (Å²) < 4.78 is 0. The Morgan fingerprint density at radius 1 is 1.06 bits per heavy atom. The highest BCUT2D eigenvalue weighted by Crippen LogP contribution is 2.42. The third-order valence-electron chi connectivity index (χ3n) is 5.40. The lowest BCUT2D eigenvalue weighted by molar-refractivity contribution is -0.117. The molecule has 0 radical (unpaired) electrons. The van der Waals surface area contributed by atoms with Crippen LogP contribution >= 0.6 is 23.4 Å². The van der Waals surface area contributed by atoms with Gasteiger partial charge in [-0.2, -0.15) is 5.26 Å². The number of rotatable bonds is 6. The molecule has 0 saturated carbocycles. The standard InChI is InChI=1S/C27H22ClN3O2S/c1-18-10-12-22(13-11-18)31-26(33)24(15-20-8-5-9-21(28)14-20)34-27(31)23(16-29)25(32)30-17-19-6-3-2-4-7-19/h2-14,24H,15,17H2,1H3,(H,30,32). The second kappa shape index (κ2) is 10.6. The first kappa shape index (κ1) is 23.6. The van der Waals surface area contributed by atoms with Crippen LogP contribution in [0.15, 0.2) is 89.5 Å². The van der Waals surface area contributed by atoms with E-state index in [9.17, 15) is 14.9 Å². The minimum atomic E-state index is -0.512. The molecule has 0 aliphatic carbocycles. The SMILES string of the molecule is Cc1ccc(N2C(=O)C(Cc3cccc(Cl)c3)SC2=C(C#N)C(=O)NCc2ccccc2)cc1. The maximum Gasteiger partial charge on any atom is 0.264 e. The molecule has 3 aromatic carbocycles. The Kier molecular flexibility index (Phi) is 7.36. The summed E-state index contributed by atoms with van der Waals surface area (Å²) in [6.07, 6.45) is 0.431. The molecular weight excluding hydrogens is 466 g/mol. The van der Waals surface area contributed by atoms with E-state index in [1.54, 1.807) is 6.07 Å². The van der Waals surface area contributed by atoms with Crippen molar-refractivity contribution in [3.63, 3.8) is 0 Å². The second-order valence-electron chi connectivity index (χ2n) is 7.91. The minimum Gasteiger partial charge on any atom is -0.347 e. The average molecular weight is 488 g/mol.